The molecule has 0 aliphatic rings. The molecule has 1 heterocycles. The van der Waals surface area contributed by atoms with Crippen molar-refractivity contribution in [2.24, 2.45) is 0 Å². The number of benzene rings is 1. The summed E-state index contributed by atoms with van der Waals surface area (Å²) in [6, 6.07) is 7.23. The number of aryl methyl sites for hydroxylation is 1. The van der Waals surface area contributed by atoms with Crippen LogP contribution in [0.3, 0.4) is 0 Å². The predicted molar refractivity (Wildman–Crippen MR) is 78.7 cm³/mol. The first kappa shape index (κ1) is 15.0. The van der Waals surface area contributed by atoms with E-state index in [4.69, 9.17) is 5.26 Å². The number of sulfonamides is 1. The van der Waals surface area contributed by atoms with Crippen LogP contribution in [0, 0.1) is 24.1 Å². The Morgan fingerprint density at radius 1 is 1.40 bits per heavy atom. The average Bonchev–Trinajstić information content (AvgIpc) is 2.85. The van der Waals surface area contributed by atoms with Crippen LogP contribution < -0.4 is 4.72 Å². The molecule has 0 unspecified atom stereocenters. The van der Waals surface area contributed by atoms with Crippen molar-refractivity contribution < 1.29 is 12.8 Å². The van der Waals surface area contributed by atoms with Crippen molar-refractivity contribution in [1.82, 2.24) is 0 Å². The molecule has 0 fully saturated rings. The Labute approximate surface area is 128 Å². The van der Waals surface area contributed by atoms with Gasteiger partial charge in [0.25, 0.3) is 10.0 Å². The van der Waals surface area contributed by atoms with Gasteiger partial charge in [0.05, 0.1) is 10.2 Å². The van der Waals surface area contributed by atoms with Crippen molar-refractivity contribution in [2.75, 3.05) is 4.72 Å². The molecule has 0 amide bonds. The Morgan fingerprint density at radius 2 is 2.10 bits per heavy atom. The second-order valence-corrected chi connectivity index (χ2v) is 7.76. The molecule has 0 saturated carbocycles. The number of hydrogen-bond acceptors (Lipinski definition) is 4. The SMILES string of the molecule is Cc1cc(Br)c(F)cc1NS(=O)(=O)c1ccc(C#N)s1. The van der Waals surface area contributed by atoms with Crippen LogP contribution in [0.2, 0.25) is 0 Å². The Hall–Kier alpha value is -1.43. The summed E-state index contributed by atoms with van der Waals surface area (Å²) >= 11 is 3.89. The van der Waals surface area contributed by atoms with Crippen molar-refractivity contribution in [1.29, 1.82) is 5.26 Å². The van der Waals surface area contributed by atoms with E-state index in [-0.39, 0.29) is 14.4 Å². The smallest absolute Gasteiger partial charge is 0.271 e. The molecule has 4 nitrogen and oxygen atoms in total. The molecule has 2 aromatic rings. The Balaban J connectivity index is 2.38. The third-order valence-electron chi connectivity index (χ3n) is 2.47. The van der Waals surface area contributed by atoms with Crippen LogP contribution in [-0.4, -0.2) is 8.42 Å². The maximum absolute atomic E-state index is 13.5. The van der Waals surface area contributed by atoms with Crippen molar-refractivity contribution >= 4 is 43.0 Å². The van der Waals surface area contributed by atoms with Crippen molar-refractivity contribution in [2.45, 2.75) is 11.1 Å². The van der Waals surface area contributed by atoms with Crippen LogP contribution in [0.5, 0.6) is 0 Å². The zero-order valence-corrected chi connectivity index (χ0v) is 13.4. The summed E-state index contributed by atoms with van der Waals surface area (Å²) in [4.78, 5) is 0.295. The van der Waals surface area contributed by atoms with Crippen LogP contribution in [0.4, 0.5) is 10.1 Å². The van der Waals surface area contributed by atoms with Gasteiger partial charge in [0.2, 0.25) is 0 Å². The number of rotatable bonds is 3. The van der Waals surface area contributed by atoms with E-state index in [1.807, 2.05) is 6.07 Å². The summed E-state index contributed by atoms with van der Waals surface area (Å²) in [5, 5.41) is 8.71. The van der Waals surface area contributed by atoms with Gasteiger partial charge in [-0.2, -0.15) is 5.26 Å². The quantitative estimate of drug-likeness (QED) is 0.891. The lowest BCUT2D eigenvalue weighted by atomic mass is 10.2. The summed E-state index contributed by atoms with van der Waals surface area (Å²) in [6.45, 7) is 1.66. The van der Waals surface area contributed by atoms with E-state index in [0.29, 0.717) is 10.4 Å². The largest absolute Gasteiger partial charge is 0.279 e. The van der Waals surface area contributed by atoms with E-state index in [1.165, 1.54) is 18.2 Å². The van der Waals surface area contributed by atoms with Gasteiger partial charge in [-0.25, -0.2) is 12.8 Å². The molecule has 0 atom stereocenters. The van der Waals surface area contributed by atoms with Crippen LogP contribution in [0.25, 0.3) is 0 Å². The molecule has 20 heavy (non-hydrogen) atoms. The van der Waals surface area contributed by atoms with Gasteiger partial charge in [-0.1, -0.05) is 0 Å². The fraction of sp³-hybridized carbons (Fsp3) is 0.0833. The van der Waals surface area contributed by atoms with Gasteiger partial charge in [0.1, 0.15) is 21.0 Å². The summed E-state index contributed by atoms with van der Waals surface area (Å²) < 4.78 is 40.3. The Morgan fingerprint density at radius 3 is 2.70 bits per heavy atom. The van der Waals surface area contributed by atoms with E-state index in [1.54, 1.807) is 6.92 Å². The number of halogens is 2. The van der Waals surface area contributed by atoms with Crippen LogP contribution >= 0.6 is 27.3 Å². The lowest BCUT2D eigenvalue weighted by molar-refractivity contribution is 0.603. The Kier molecular flexibility index (Phi) is 4.13. The second-order valence-electron chi connectivity index (χ2n) is 3.92. The van der Waals surface area contributed by atoms with E-state index < -0.39 is 15.8 Å². The molecule has 0 aliphatic carbocycles. The molecular weight excluding hydrogens is 367 g/mol. The highest BCUT2D eigenvalue weighted by atomic mass is 79.9. The number of nitriles is 1. The van der Waals surface area contributed by atoms with E-state index in [0.717, 1.165) is 17.4 Å². The standard InChI is InChI=1S/C12H8BrFN2O2S2/c1-7-4-9(13)10(14)5-11(7)16-20(17,18)12-3-2-8(6-15)19-12/h2-5,16H,1H3. The molecule has 0 saturated heterocycles. The zero-order valence-electron chi connectivity index (χ0n) is 10.1. The van der Waals surface area contributed by atoms with E-state index in [2.05, 4.69) is 20.7 Å². The third-order valence-corrected chi connectivity index (χ3v) is 5.92. The molecule has 1 aromatic heterocycles. The molecule has 0 radical (unpaired) electrons. The summed E-state index contributed by atoms with van der Waals surface area (Å²) in [5.74, 6) is -0.558. The maximum Gasteiger partial charge on any atom is 0.271 e. The molecule has 1 N–H and O–H groups in total. The van der Waals surface area contributed by atoms with Gasteiger partial charge < -0.3 is 0 Å². The highest BCUT2D eigenvalue weighted by molar-refractivity contribution is 9.10. The minimum atomic E-state index is -3.82. The highest BCUT2D eigenvalue weighted by Gasteiger charge is 2.18. The molecule has 1 aromatic carbocycles. The molecule has 0 bridgehead atoms. The molecular formula is C12H8BrFN2O2S2. The van der Waals surface area contributed by atoms with Gasteiger partial charge in [0.15, 0.2) is 0 Å². The maximum atomic E-state index is 13.5. The molecule has 104 valence electrons. The summed E-state index contributed by atoms with van der Waals surface area (Å²) in [6.07, 6.45) is 0. The average molecular weight is 375 g/mol. The van der Waals surface area contributed by atoms with Gasteiger partial charge in [-0.3, -0.25) is 4.72 Å². The predicted octanol–water partition coefficient (Wildman–Crippen LogP) is 3.63. The lowest BCUT2D eigenvalue weighted by Gasteiger charge is -2.10. The summed E-state index contributed by atoms with van der Waals surface area (Å²) in [7, 11) is -3.82. The third kappa shape index (κ3) is 3.00. The highest BCUT2D eigenvalue weighted by Crippen LogP contribution is 2.28. The number of nitrogens with zero attached hydrogens (tertiary/aromatic N) is 1. The van der Waals surface area contributed by atoms with Crippen molar-refractivity contribution in [3.05, 3.63) is 45.0 Å². The van der Waals surface area contributed by atoms with Gasteiger partial charge >= 0.3 is 0 Å². The van der Waals surface area contributed by atoms with Crippen LogP contribution in [0.15, 0.2) is 32.9 Å². The zero-order chi connectivity index (χ0) is 14.9. The normalized spacial score (nSPS) is 11.1. The first-order chi connectivity index (χ1) is 9.33. The van der Waals surface area contributed by atoms with Gasteiger partial charge in [-0.05, 0) is 52.7 Å². The van der Waals surface area contributed by atoms with Crippen molar-refractivity contribution in [3.8, 4) is 6.07 Å². The fourth-order valence-electron chi connectivity index (χ4n) is 1.48. The van der Waals surface area contributed by atoms with Crippen molar-refractivity contribution in [3.63, 3.8) is 0 Å². The fourth-order valence-corrected chi connectivity index (χ4v) is 4.16. The first-order valence-corrected chi connectivity index (χ1v) is 8.41. The monoisotopic (exact) mass is 374 g/mol. The molecule has 0 spiro atoms. The molecule has 8 heteroatoms. The molecule has 0 aliphatic heterocycles. The van der Waals surface area contributed by atoms with E-state index in [9.17, 15) is 12.8 Å². The lowest BCUT2D eigenvalue weighted by Crippen LogP contribution is -2.12. The number of hydrogen-bond donors (Lipinski definition) is 1. The Bertz CT molecular complexity index is 809. The minimum Gasteiger partial charge on any atom is -0.279 e. The van der Waals surface area contributed by atoms with E-state index >= 15 is 0 Å². The first-order valence-electron chi connectivity index (χ1n) is 5.32. The topological polar surface area (TPSA) is 70.0 Å². The van der Waals surface area contributed by atoms with Gasteiger partial charge in [-0.15, -0.1) is 11.3 Å². The van der Waals surface area contributed by atoms with Crippen LogP contribution in [-0.2, 0) is 10.0 Å². The summed E-state index contributed by atoms with van der Waals surface area (Å²) in [5.41, 5.74) is 0.747. The number of thiophene rings is 1. The minimum absolute atomic E-state index is 0.0109. The number of nitrogens with one attached hydrogen (secondary N) is 1. The second kappa shape index (κ2) is 5.52. The number of anilines is 1. The molecule has 2 rings (SSSR count). The van der Waals surface area contributed by atoms with Gasteiger partial charge in [0, 0.05) is 0 Å². The van der Waals surface area contributed by atoms with Crippen LogP contribution in [0.1, 0.15) is 10.4 Å².